The van der Waals surface area contributed by atoms with Crippen molar-refractivity contribution >= 4 is 27.5 Å². The van der Waals surface area contributed by atoms with Gasteiger partial charge in [-0.15, -0.1) is 0 Å². The highest BCUT2D eigenvalue weighted by atomic mass is 79.9. The quantitative estimate of drug-likeness (QED) is 0.878. The molecule has 17 heavy (non-hydrogen) atoms. The fourth-order valence-electron chi connectivity index (χ4n) is 1.48. The number of amides is 1. The molecule has 1 atom stereocenters. The number of rotatable bonds is 5. The number of carbonyl (C=O) groups is 1. The number of hydrogen-bond acceptors (Lipinski definition) is 2. The number of nitrogens with one attached hydrogen (secondary N) is 1. The molecule has 3 N–H and O–H groups in total. The van der Waals surface area contributed by atoms with Crippen molar-refractivity contribution in [1.29, 1.82) is 0 Å². The van der Waals surface area contributed by atoms with Gasteiger partial charge in [0.05, 0.1) is 0 Å². The molecule has 1 rings (SSSR count). The Hall–Kier alpha value is -0.870. The number of halogens is 1. The van der Waals surface area contributed by atoms with Crippen LogP contribution in [0.25, 0.3) is 0 Å². The Morgan fingerprint density at radius 1 is 1.53 bits per heavy atom. The summed E-state index contributed by atoms with van der Waals surface area (Å²) in [5.41, 5.74) is 7.44. The van der Waals surface area contributed by atoms with Crippen molar-refractivity contribution in [2.75, 3.05) is 11.9 Å². The van der Waals surface area contributed by atoms with Crippen molar-refractivity contribution in [2.24, 2.45) is 11.7 Å². The van der Waals surface area contributed by atoms with E-state index in [1.807, 2.05) is 25.1 Å². The minimum atomic E-state index is 0.0516. The second-order valence-electron chi connectivity index (χ2n) is 4.39. The molecule has 0 radical (unpaired) electrons. The van der Waals surface area contributed by atoms with Crippen LogP contribution in [0, 0.1) is 12.8 Å². The smallest absolute Gasteiger partial charge is 0.224 e. The summed E-state index contributed by atoms with van der Waals surface area (Å²) in [6.45, 7) is 4.66. The topological polar surface area (TPSA) is 55.1 Å². The first-order valence-corrected chi connectivity index (χ1v) is 6.58. The van der Waals surface area contributed by atoms with E-state index in [-0.39, 0.29) is 5.91 Å². The molecule has 0 aliphatic heterocycles. The van der Waals surface area contributed by atoms with E-state index < -0.39 is 0 Å². The monoisotopic (exact) mass is 298 g/mol. The van der Waals surface area contributed by atoms with Crippen LogP contribution in [-0.2, 0) is 4.79 Å². The van der Waals surface area contributed by atoms with Crippen LogP contribution in [0.3, 0.4) is 0 Å². The third-order valence-electron chi connectivity index (χ3n) is 2.73. The minimum absolute atomic E-state index is 0.0516. The molecule has 0 fully saturated rings. The van der Waals surface area contributed by atoms with Gasteiger partial charge in [0, 0.05) is 16.6 Å². The summed E-state index contributed by atoms with van der Waals surface area (Å²) in [4.78, 5) is 11.7. The lowest BCUT2D eigenvalue weighted by Crippen LogP contribution is -2.16. The second kappa shape index (κ2) is 6.77. The third-order valence-corrected chi connectivity index (χ3v) is 3.22. The van der Waals surface area contributed by atoms with Crippen molar-refractivity contribution in [2.45, 2.75) is 26.7 Å². The zero-order valence-corrected chi connectivity index (χ0v) is 11.9. The van der Waals surface area contributed by atoms with Gasteiger partial charge in [-0.25, -0.2) is 0 Å². The van der Waals surface area contributed by atoms with Crippen LogP contribution in [0.4, 0.5) is 5.69 Å². The van der Waals surface area contributed by atoms with Gasteiger partial charge in [0.25, 0.3) is 0 Å². The van der Waals surface area contributed by atoms with E-state index in [0.29, 0.717) is 18.9 Å². The number of carbonyl (C=O) groups excluding carboxylic acids is 1. The molecule has 0 spiro atoms. The molecule has 1 aromatic rings. The minimum Gasteiger partial charge on any atom is -0.330 e. The molecule has 1 amide bonds. The summed E-state index contributed by atoms with van der Waals surface area (Å²) < 4.78 is 1.02. The van der Waals surface area contributed by atoms with Crippen LogP contribution in [0.1, 0.15) is 25.3 Å². The summed E-state index contributed by atoms with van der Waals surface area (Å²) >= 11 is 3.40. The Balaban J connectivity index is 2.50. The molecule has 0 saturated heterocycles. The van der Waals surface area contributed by atoms with Crippen molar-refractivity contribution < 1.29 is 4.79 Å². The van der Waals surface area contributed by atoms with Crippen LogP contribution in [0.2, 0.25) is 0 Å². The Kier molecular flexibility index (Phi) is 5.65. The molecular weight excluding hydrogens is 280 g/mol. The van der Waals surface area contributed by atoms with E-state index in [0.717, 1.165) is 22.1 Å². The molecule has 1 unspecified atom stereocenters. The van der Waals surface area contributed by atoms with E-state index in [2.05, 4.69) is 28.2 Å². The first kappa shape index (κ1) is 14.2. The van der Waals surface area contributed by atoms with Crippen LogP contribution in [0.5, 0.6) is 0 Å². The maximum absolute atomic E-state index is 11.7. The van der Waals surface area contributed by atoms with Crippen molar-refractivity contribution in [1.82, 2.24) is 0 Å². The molecule has 0 saturated carbocycles. The molecule has 1 aromatic carbocycles. The van der Waals surface area contributed by atoms with Crippen LogP contribution < -0.4 is 11.1 Å². The highest BCUT2D eigenvalue weighted by Crippen LogP contribution is 2.20. The molecule has 0 bridgehead atoms. The normalized spacial score (nSPS) is 12.2. The molecule has 4 heteroatoms. The van der Waals surface area contributed by atoms with E-state index in [1.165, 1.54) is 0 Å². The zero-order chi connectivity index (χ0) is 12.8. The van der Waals surface area contributed by atoms with Gasteiger partial charge in [-0.3, -0.25) is 4.79 Å². The Bertz CT molecular complexity index is 393. The van der Waals surface area contributed by atoms with E-state index in [1.54, 1.807) is 0 Å². The van der Waals surface area contributed by atoms with Gasteiger partial charge in [0.15, 0.2) is 0 Å². The van der Waals surface area contributed by atoms with Gasteiger partial charge in [-0.1, -0.05) is 22.9 Å². The van der Waals surface area contributed by atoms with Gasteiger partial charge in [-0.05, 0) is 49.6 Å². The van der Waals surface area contributed by atoms with Crippen molar-refractivity contribution in [3.63, 3.8) is 0 Å². The second-order valence-corrected chi connectivity index (χ2v) is 5.30. The average molecular weight is 299 g/mol. The van der Waals surface area contributed by atoms with Gasteiger partial charge in [0.2, 0.25) is 5.91 Å². The van der Waals surface area contributed by atoms with Gasteiger partial charge < -0.3 is 11.1 Å². The fourth-order valence-corrected chi connectivity index (χ4v) is 1.95. The lowest BCUT2D eigenvalue weighted by molar-refractivity contribution is -0.116. The molecular formula is C13H19BrN2O. The largest absolute Gasteiger partial charge is 0.330 e. The molecule has 0 aromatic heterocycles. The predicted octanol–water partition coefficient (Wildman–Crippen LogP) is 3.07. The molecule has 94 valence electrons. The number of aryl methyl sites for hydroxylation is 1. The maximum Gasteiger partial charge on any atom is 0.224 e. The predicted molar refractivity (Wildman–Crippen MR) is 75.0 cm³/mol. The maximum atomic E-state index is 11.7. The molecule has 3 nitrogen and oxygen atoms in total. The van der Waals surface area contributed by atoms with Gasteiger partial charge in [-0.2, -0.15) is 0 Å². The average Bonchev–Trinajstić information content (AvgIpc) is 2.29. The number of nitrogens with two attached hydrogens (primary N) is 1. The van der Waals surface area contributed by atoms with Crippen molar-refractivity contribution in [3.8, 4) is 0 Å². The number of hydrogen-bond donors (Lipinski definition) is 2. The lowest BCUT2D eigenvalue weighted by Gasteiger charge is -2.10. The van der Waals surface area contributed by atoms with E-state index >= 15 is 0 Å². The van der Waals surface area contributed by atoms with Gasteiger partial charge >= 0.3 is 0 Å². The van der Waals surface area contributed by atoms with E-state index in [9.17, 15) is 4.79 Å². The standard InChI is InChI=1S/C13H19BrN2O/c1-9(8-15)3-6-13(17)16-12-5-4-11(14)7-10(12)2/h4-5,7,9H,3,6,8,15H2,1-2H3,(H,16,17). The lowest BCUT2D eigenvalue weighted by atomic mass is 10.1. The fraction of sp³-hybridized carbons (Fsp3) is 0.462. The molecule has 0 aliphatic rings. The van der Waals surface area contributed by atoms with Gasteiger partial charge in [0.1, 0.15) is 0 Å². The number of anilines is 1. The Morgan fingerprint density at radius 3 is 2.82 bits per heavy atom. The number of benzene rings is 1. The third kappa shape index (κ3) is 4.88. The highest BCUT2D eigenvalue weighted by Gasteiger charge is 2.07. The van der Waals surface area contributed by atoms with Crippen LogP contribution in [0.15, 0.2) is 22.7 Å². The van der Waals surface area contributed by atoms with Crippen molar-refractivity contribution in [3.05, 3.63) is 28.2 Å². The summed E-state index contributed by atoms with van der Waals surface area (Å²) in [5, 5.41) is 2.92. The SMILES string of the molecule is Cc1cc(Br)ccc1NC(=O)CCC(C)CN. The first-order chi connectivity index (χ1) is 8.02. The first-order valence-electron chi connectivity index (χ1n) is 5.79. The highest BCUT2D eigenvalue weighted by molar-refractivity contribution is 9.10. The summed E-state index contributed by atoms with van der Waals surface area (Å²) in [7, 11) is 0. The molecule has 0 aliphatic carbocycles. The van der Waals surface area contributed by atoms with Crippen LogP contribution >= 0.6 is 15.9 Å². The summed E-state index contributed by atoms with van der Waals surface area (Å²) in [6.07, 6.45) is 1.35. The summed E-state index contributed by atoms with van der Waals surface area (Å²) in [5.74, 6) is 0.447. The van der Waals surface area contributed by atoms with E-state index in [4.69, 9.17) is 5.73 Å². The Morgan fingerprint density at radius 2 is 2.24 bits per heavy atom. The Labute approximate surface area is 111 Å². The zero-order valence-electron chi connectivity index (χ0n) is 10.3. The van der Waals surface area contributed by atoms with Crippen LogP contribution in [-0.4, -0.2) is 12.5 Å². The summed E-state index contributed by atoms with van der Waals surface area (Å²) in [6, 6.07) is 5.81. The molecule has 0 heterocycles.